The zero-order chi connectivity index (χ0) is 21.1. The van der Waals surface area contributed by atoms with Crippen molar-refractivity contribution in [3.8, 4) is 0 Å². The standard InChI is InChI=1S/C23H23N3O4/c1-16(19-8-4-6-17-5-2-3-7-20(17)19)24-23(27)21-15-18(26(28)29)9-10-22(21)25-11-13-30-14-12-25/h2-10,15-16H,11-14H2,1H3,(H,24,27)/t16-/m1/s1. The molecule has 1 atom stereocenters. The molecule has 1 aliphatic rings. The van der Waals surface area contributed by atoms with Gasteiger partial charge in [-0.05, 0) is 29.3 Å². The van der Waals surface area contributed by atoms with Crippen LogP contribution in [0.25, 0.3) is 10.8 Å². The Bertz CT molecular complexity index is 1090. The van der Waals surface area contributed by atoms with Crippen molar-refractivity contribution in [2.45, 2.75) is 13.0 Å². The fourth-order valence-corrected chi connectivity index (χ4v) is 3.88. The lowest BCUT2D eigenvalue weighted by molar-refractivity contribution is -0.384. The molecule has 0 spiro atoms. The second-order valence-electron chi connectivity index (χ2n) is 7.32. The van der Waals surface area contributed by atoms with Crippen LogP contribution in [-0.2, 0) is 4.74 Å². The molecule has 0 radical (unpaired) electrons. The van der Waals surface area contributed by atoms with Gasteiger partial charge in [0.1, 0.15) is 0 Å². The van der Waals surface area contributed by atoms with Gasteiger partial charge in [-0.25, -0.2) is 0 Å². The quantitative estimate of drug-likeness (QED) is 0.511. The maximum atomic E-state index is 13.2. The number of nitro benzene ring substituents is 1. The van der Waals surface area contributed by atoms with Gasteiger partial charge < -0.3 is 15.0 Å². The lowest BCUT2D eigenvalue weighted by Gasteiger charge is -2.30. The van der Waals surface area contributed by atoms with Gasteiger partial charge in [0.15, 0.2) is 0 Å². The molecule has 3 aromatic rings. The number of non-ortho nitro benzene ring substituents is 1. The summed E-state index contributed by atoms with van der Waals surface area (Å²) in [6, 6.07) is 18.2. The van der Waals surface area contributed by atoms with E-state index in [4.69, 9.17) is 4.74 Å². The van der Waals surface area contributed by atoms with E-state index in [9.17, 15) is 14.9 Å². The Hall–Kier alpha value is -3.45. The molecule has 0 saturated carbocycles. The number of fused-ring (bicyclic) bond motifs is 1. The predicted octanol–water partition coefficient (Wildman–Crippen LogP) is 4.08. The maximum Gasteiger partial charge on any atom is 0.270 e. The number of amides is 1. The fraction of sp³-hybridized carbons (Fsp3) is 0.261. The number of carbonyl (C=O) groups excluding carboxylic acids is 1. The van der Waals surface area contributed by atoms with Crippen molar-refractivity contribution in [3.63, 3.8) is 0 Å². The van der Waals surface area contributed by atoms with Crippen LogP contribution in [0.15, 0.2) is 60.7 Å². The lowest BCUT2D eigenvalue weighted by Crippen LogP contribution is -2.38. The van der Waals surface area contributed by atoms with Gasteiger partial charge in [0.25, 0.3) is 11.6 Å². The largest absolute Gasteiger partial charge is 0.378 e. The molecule has 1 saturated heterocycles. The Morgan fingerprint density at radius 1 is 1.10 bits per heavy atom. The van der Waals surface area contributed by atoms with Gasteiger partial charge >= 0.3 is 0 Å². The minimum Gasteiger partial charge on any atom is -0.378 e. The highest BCUT2D eigenvalue weighted by atomic mass is 16.6. The summed E-state index contributed by atoms with van der Waals surface area (Å²) in [5.41, 5.74) is 1.89. The molecule has 3 aromatic carbocycles. The van der Waals surface area contributed by atoms with Crippen LogP contribution in [0.1, 0.15) is 28.9 Å². The Labute approximate surface area is 174 Å². The molecule has 1 amide bonds. The van der Waals surface area contributed by atoms with Crippen LogP contribution in [-0.4, -0.2) is 37.1 Å². The zero-order valence-electron chi connectivity index (χ0n) is 16.7. The van der Waals surface area contributed by atoms with E-state index in [0.717, 1.165) is 16.3 Å². The second kappa shape index (κ2) is 8.51. The summed E-state index contributed by atoms with van der Waals surface area (Å²) in [6.45, 7) is 4.31. The van der Waals surface area contributed by atoms with Gasteiger partial charge in [0, 0.05) is 25.2 Å². The van der Waals surface area contributed by atoms with Crippen molar-refractivity contribution in [2.24, 2.45) is 0 Å². The summed E-state index contributed by atoms with van der Waals surface area (Å²) in [7, 11) is 0. The summed E-state index contributed by atoms with van der Waals surface area (Å²) in [4.78, 5) is 26.1. The molecule has 1 aliphatic heterocycles. The lowest BCUT2D eigenvalue weighted by atomic mass is 9.99. The first-order chi connectivity index (χ1) is 14.5. The Balaban J connectivity index is 1.66. The van der Waals surface area contributed by atoms with E-state index in [1.807, 2.05) is 54.3 Å². The number of benzene rings is 3. The molecule has 7 nitrogen and oxygen atoms in total. The Morgan fingerprint density at radius 2 is 1.83 bits per heavy atom. The molecule has 154 valence electrons. The van der Waals surface area contributed by atoms with Gasteiger partial charge in [0.2, 0.25) is 0 Å². The first kappa shape index (κ1) is 19.8. The van der Waals surface area contributed by atoms with E-state index >= 15 is 0 Å². The van der Waals surface area contributed by atoms with Gasteiger partial charge in [0.05, 0.1) is 35.4 Å². The summed E-state index contributed by atoms with van der Waals surface area (Å²) in [5, 5.41) is 16.5. The summed E-state index contributed by atoms with van der Waals surface area (Å²) >= 11 is 0. The molecule has 0 unspecified atom stereocenters. The number of rotatable bonds is 5. The molecule has 7 heteroatoms. The van der Waals surface area contributed by atoms with E-state index in [-0.39, 0.29) is 17.6 Å². The third-order valence-electron chi connectivity index (χ3n) is 5.42. The number of morpholine rings is 1. The average Bonchev–Trinajstić information content (AvgIpc) is 2.78. The average molecular weight is 405 g/mol. The third-order valence-corrected chi connectivity index (χ3v) is 5.42. The van der Waals surface area contributed by atoms with Crippen molar-refractivity contribution in [1.82, 2.24) is 5.32 Å². The summed E-state index contributed by atoms with van der Waals surface area (Å²) < 4.78 is 5.40. The van der Waals surface area contributed by atoms with Gasteiger partial charge in [-0.1, -0.05) is 42.5 Å². The molecule has 30 heavy (non-hydrogen) atoms. The van der Waals surface area contributed by atoms with Crippen LogP contribution in [0.4, 0.5) is 11.4 Å². The maximum absolute atomic E-state index is 13.2. The van der Waals surface area contributed by atoms with Crippen molar-refractivity contribution in [2.75, 3.05) is 31.2 Å². The van der Waals surface area contributed by atoms with Crippen molar-refractivity contribution >= 4 is 28.1 Å². The number of carbonyl (C=O) groups is 1. The predicted molar refractivity (Wildman–Crippen MR) is 116 cm³/mol. The van der Waals surface area contributed by atoms with Crippen LogP contribution in [0, 0.1) is 10.1 Å². The third kappa shape index (κ3) is 3.97. The number of hydrogen-bond donors (Lipinski definition) is 1. The summed E-state index contributed by atoms with van der Waals surface area (Å²) in [6.07, 6.45) is 0. The molecule has 1 N–H and O–H groups in total. The second-order valence-corrected chi connectivity index (χ2v) is 7.32. The molecule has 0 bridgehead atoms. The number of nitro groups is 1. The number of nitrogens with zero attached hydrogens (tertiary/aromatic N) is 2. The molecule has 1 heterocycles. The Kier molecular flexibility index (Phi) is 5.63. The van der Waals surface area contributed by atoms with Crippen LogP contribution in [0.3, 0.4) is 0 Å². The normalized spacial score (nSPS) is 15.0. The SMILES string of the molecule is C[C@@H](NC(=O)c1cc([N+](=O)[O-])ccc1N1CCOCC1)c1cccc2ccccc12. The number of nitrogens with one attached hydrogen (secondary N) is 1. The first-order valence-corrected chi connectivity index (χ1v) is 9.94. The van der Waals surface area contributed by atoms with Gasteiger partial charge in [-0.2, -0.15) is 0 Å². The molecule has 1 fully saturated rings. The number of hydrogen-bond acceptors (Lipinski definition) is 5. The van der Waals surface area contributed by atoms with Crippen LogP contribution >= 0.6 is 0 Å². The Morgan fingerprint density at radius 3 is 2.60 bits per heavy atom. The highest BCUT2D eigenvalue weighted by Gasteiger charge is 2.23. The smallest absolute Gasteiger partial charge is 0.270 e. The van der Waals surface area contributed by atoms with E-state index in [2.05, 4.69) is 5.32 Å². The number of anilines is 1. The summed E-state index contributed by atoms with van der Waals surface area (Å²) in [5.74, 6) is -0.333. The van der Waals surface area contributed by atoms with Crippen LogP contribution in [0.5, 0.6) is 0 Å². The van der Waals surface area contributed by atoms with E-state index in [0.29, 0.717) is 37.6 Å². The minimum atomic E-state index is -0.478. The molecular formula is C23H23N3O4. The zero-order valence-corrected chi connectivity index (χ0v) is 16.7. The molecule has 4 rings (SSSR count). The highest BCUT2D eigenvalue weighted by Crippen LogP contribution is 2.28. The van der Waals surface area contributed by atoms with Crippen molar-refractivity contribution in [3.05, 3.63) is 81.9 Å². The van der Waals surface area contributed by atoms with E-state index in [1.165, 1.54) is 12.1 Å². The van der Waals surface area contributed by atoms with Crippen LogP contribution < -0.4 is 10.2 Å². The van der Waals surface area contributed by atoms with Crippen LogP contribution in [0.2, 0.25) is 0 Å². The fourth-order valence-electron chi connectivity index (χ4n) is 3.88. The highest BCUT2D eigenvalue weighted by molar-refractivity contribution is 6.01. The monoisotopic (exact) mass is 405 g/mol. The minimum absolute atomic E-state index is 0.102. The number of ether oxygens (including phenoxy) is 1. The van der Waals surface area contributed by atoms with E-state index < -0.39 is 4.92 Å². The van der Waals surface area contributed by atoms with Crippen molar-refractivity contribution < 1.29 is 14.5 Å². The topological polar surface area (TPSA) is 84.7 Å². The van der Waals surface area contributed by atoms with E-state index in [1.54, 1.807) is 6.07 Å². The van der Waals surface area contributed by atoms with Gasteiger partial charge in [-0.3, -0.25) is 14.9 Å². The molecular weight excluding hydrogens is 382 g/mol. The molecule has 0 aliphatic carbocycles. The first-order valence-electron chi connectivity index (χ1n) is 9.94. The van der Waals surface area contributed by atoms with Crippen molar-refractivity contribution in [1.29, 1.82) is 0 Å². The molecule has 0 aromatic heterocycles. The van der Waals surface area contributed by atoms with Gasteiger partial charge in [-0.15, -0.1) is 0 Å².